The molecule has 0 amide bonds. The Morgan fingerprint density at radius 1 is 1.64 bits per heavy atom. The molecule has 0 aliphatic carbocycles. The van der Waals surface area contributed by atoms with E-state index < -0.39 is 0 Å². The Morgan fingerprint density at radius 2 is 2.36 bits per heavy atom. The summed E-state index contributed by atoms with van der Waals surface area (Å²) in [6.45, 7) is 2.34. The molecule has 0 radical (unpaired) electrons. The second kappa shape index (κ2) is 4.02. The third kappa shape index (κ3) is 2.14. The minimum absolute atomic E-state index is 0.0174. The van der Waals surface area contributed by atoms with Crippen molar-refractivity contribution in [3.05, 3.63) is 0 Å². The first-order valence-electron chi connectivity index (χ1n) is 4.25. The zero-order valence-corrected chi connectivity index (χ0v) is 6.89. The molecule has 66 valence electrons. The molecule has 1 rings (SSSR count). The molecule has 3 unspecified atom stereocenters. The van der Waals surface area contributed by atoms with Gasteiger partial charge in [-0.25, -0.2) is 0 Å². The summed E-state index contributed by atoms with van der Waals surface area (Å²) in [4.78, 5) is 0. The van der Waals surface area contributed by atoms with Crippen molar-refractivity contribution in [2.45, 2.75) is 31.9 Å². The fourth-order valence-electron chi connectivity index (χ4n) is 1.70. The van der Waals surface area contributed by atoms with Crippen LogP contribution < -0.4 is 5.32 Å². The Bertz CT molecular complexity index is 121. The first-order chi connectivity index (χ1) is 5.27. The van der Waals surface area contributed by atoms with Gasteiger partial charge < -0.3 is 10.4 Å². The van der Waals surface area contributed by atoms with Crippen LogP contribution in [0.4, 0.5) is 4.39 Å². The van der Waals surface area contributed by atoms with Gasteiger partial charge in [-0.2, -0.15) is 0 Å². The van der Waals surface area contributed by atoms with Gasteiger partial charge in [0.05, 0.1) is 12.8 Å². The van der Waals surface area contributed by atoms with Crippen LogP contribution in [-0.4, -0.2) is 30.5 Å². The van der Waals surface area contributed by atoms with E-state index in [1.807, 2.05) is 6.92 Å². The van der Waals surface area contributed by atoms with Crippen molar-refractivity contribution in [3.8, 4) is 0 Å². The summed E-state index contributed by atoms with van der Waals surface area (Å²) in [5, 5.41) is 12.3. The average Bonchev–Trinajstić information content (AvgIpc) is 2.04. The van der Waals surface area contributed by atoms with E-state index in [0.29, 0.717) is 13.0 Å². The molecule has 2 N–H and O–H groups in total. The molecule has 1 aliphatic heterocycles. The third-order valence-corrected chi connectivity index (χ3v) is 2.40. The first kappa shape index (κ1) is 8.94. The van der Waals surface area contributed by atoms with Gasteiger partial charge in [-0.15, -0.1) is 0 Å². The zero-order chi connectivity index (χ0) is 8.27. The van der Waals surface area contributed by atoms with Gasteiger partial charge in [-0.1, -0.05) is 6.92 Å². The molecular formula is C8H16FNO. The second-order valence-corrected chi connectivity index (χ2v) is 3.23. The molecule has 0 bridgehead atoms. The predicted molar refractivity (Wildman–Crippen MR) is 42.2 cm³/mol. The van der Waals surface area contributed by atoms with Gasteiger partial charge >= 0.3 is 0 Å². The van der Waals surface area contributed by atoms with Crippen LogP contribution in [0, 0.1) is 5.92 Å². The predicted octanol–water partition coefficient (Wildman–Crippen LogP) is 0.705. The third-order valence-electron chi connectivity index (χ3n) is 2.40. The summed E-state index contributed by atoms with van der Waals surface area (Å²) >= 11 is 0. The van der Waals surface area contributed by atoms with Crippen LogP contribution in [0.1, 0.15) is 19.8 Å². The number of hydrogen-bond acceptors (Lipinski definition) is 2. The lowest BCUT2D eigenvalue weighted by Gasteiger charge is -2.32. The fourth-order valence-corrected chi connectivity index (χ4v) is 1.70. The quantitative estimate of drug-likeness (QED) is 0.625. The van der Waals surface area contributed by atoms with Crippen LogP contribution in [0.2, 0.25) is 0 Å². The van der Waals surface area contributed by atoms with Crippen molar-refractivity contribution >= 4 is 0 Å². The van der Waals surface area contributed by atoms with Crippen LogP contribution in [-0.2, 0) is 0 Å². The highest BCUT2D eigenvalue weighted by Crippen LogP contribution is 2.19. The maximum absolute atomic E-state index is 12.3. The molecule has 1 fully saturated rings. The molecule has 0 saturated carbocycles. The van der Waals surface area contributed by atoms with E-state index in [9.17, 15) is 9.50 Å². The topological polar surface area (TPSA) is 32.3 Å². The summed E-state index contributed by atoms with van der Waals surface area (Å²) in [7, 11) is 0. The number of β-amino-alcohol motifs (C(OH)–C–C–N with tert-alkyl or cyclic N) is 1. The molecule has 0 aromatic heterocycles. The van der Waals surface area contributed by atoms with E-state index in [-0.39, 0.29) is 24.7 Å². The first-order valence-corrected chi connectivity index (χ1v) is 4.25. The van der Waals surface area contributed by atoms with Crippen molar-refractivity contribution in [3.63, 3.8) is 0 Å². The molecule has 1 aliphatic rings. The minimum Gasteiger partial charge on any atom is -0.392 e. The Hall–Kier alpha value is -0.150. The summed E-state index contributed by atoms with van der Waals surface area (Å²) in [6, 6.07) is 0.267. The maximum Gasteiger partial charge on any atom is 0.0938 e. The number of aliphatic hydroxyl groups excluding tert-OH is 1. The van der Waals surface area contributed by atoms with E-state index in [2.05, 4.69) is 5.32 Å². The summed E-state index contributed by atoms with van der Waals surface area (Å²) in [6.07, 6.45) is 1.21. The summed E-state index contributed by atoms with van der Waals surface area (Å²) in [5.74, 6) is 0.0174. The Balaban J connectivity index is 2.41. The summed E-state index contributed by atoms with van der Waals surface area (Å²) < 4.78 is 12.3. The van der Waals surface area contributed by atoms with Crippen molar-refractivity contribution in [2.75, 3.05) is 13.2 Å². The molecule has 3 atom stereocenters. The fraction of sp³-hybridized carbons (Fsp3) is 1.00. The van der Waals surface area contributed by atoms with Gasteiger partial charge in [0.1, 0.15) is 0 Å². The highest BCUT2D eigenvalue weighted by Gasteiger charge is 2.27. The number of nitrogens with one attached hydrogen (secondary N) is 1. The van der Waals surface area contributed by atoms with Gasteiger partial charge in [0.2, 0.25) is 0 Å². The highest BCUT2D eigenvalue weighted by molar-refractivity contribution is 4.83. The van der Waals surface area contributed by atoms with Crippen molar-refractivity contribution in [1.29, 1.82) is 0 Å². The molecular weight excluding hydrogens is 145 g/mol. The van der Waals surface area contributed by atoms with Gasteiger partial charge in [0.25, 0.3) is 0 Å². The zero-order valence-electron chi connectivity index (χ0n) is 6.89. The van der Waals surface area contributed by atoms with Crippen molar-refractivity contribution in [2.24, 2.45) is 5.92 Å². The lowest BCUT2D eigenvalue weighted by Crippen LogP contribution is -2.48. The number of hydrogen-bond donors (Lipinski definition) is 2. The van der Waals surface area contributed by atoms with E-state index in [0.717, 1.165) is 6.42 Å². The molecule has 1 saturated heterocycles. The number of piperidine rings is 1. The van der Waals surface area contributed by atoms with E-state index in [1.165, 1.54) is 0 Å². The minimum atomic E-state index is -0.349. The molecule has 3 heteroatoms. The molecule has 0 spiro atoms. The molecule has 11 heavy (non-hydrogen) atoms. The van der Waals surface area contributed by atoms with Gasteiger partial charge in [-0.3, -0.25) is 4.39 Å². The molecule has 0 aromatic rings. The van der Waals surface area contributed by atoms with Gasteiger partial charge in [0.15, 0.2) is 0 Å². The van der Waals surface area contributed by atoms with Crippen LogP contribution in [0.3, 0.4) is 0 Å². The molecule has 1 heterocycles. The second-order valence-electron chi connectivity index (χ2n) is 3.23. The van der Waals surface area contributed by atoms with E-state index in [1.54, 1.807) is 0 Å². The van der Waals surface area contributed by atoms with Crippen LogP contribution in [0.25, 0.3) is 0 Å². The monoisotopic (exact) mass is 161 g/mol. The smallest absolute Gasteiger partial charge is 0.0938 e. The molecule has 2 nitrogen and oxygen atoms in total. The number of alkyl halides is 1. The maximum atomic E-state index is 12.3. The number of rotatable bonds is 2. The Morgan fingerprint density at radius 3 is 2.91 bits per heavy atom. The van der Waals surface area contributed by atoms with Gasteiger partial charge in [0, 0.05) is 18.5 Å². The average molecular weight is 161 g/mol. The SMILES string of the molecule is CCC1NCC(O)CC1CF. The molecule has 0 aromatic carbocycles. The van der Waals surface area contributed by atoms with Gasteiger partial charge in [-0.05, 0) is 12.8 Å². The number of aliphatic hydroxyl groups is 1. The highest BCUT2D eigenvalue weighted by atomic mass is 19.1. The van der Waals surface area contributed by atoms with Crippen molar-refractivity contribution < 1.29 is 9.50 Å². The lowest BCUT2D eigenvalue weighted by atomic mass is 9.89. The number of halogens is 1. The van der Waals surface area contributed by atoms with Crippen LogP contribution >= 0.6 is 0 Å². The van der Waals surface area contributed by atoms with Crippen LogP contribution in [0.5, 0.6) is 0 Å². The Kier molecular flexibility index (Phi) is 3.27. The largest absolute Gasteiger partial charge is 0.392 e. The normalized spacial score (nSPS) is 39.0. The standard InChI is InChI=1S/C8H16FNO/c1-2-8-6(4-9)3-7(11)5-10-8/h6-8,10-11H,2-5H2,1H3. The lowest BCUT2D eigenvalue weighted by molar-refractivity contribution is 0.0780. The Labute approximate surface area is 66.8 Å². The van der Waals surface area contributed by atoms with E-state index >= 15 is 0 Å². The van der Waals surface area contributed by atoms with Crippen molar-refractivity contribution in [1.82, 2.24) is 5.32 Å². The summed E-state index contributed by atoms with van der Waals surface area (Å²) in [5.41, 5.74) is 0. The van der Waals surface area contributed by atoms with Crippen LogP contribution in [0.15, 0.2) is 0 Å². The van der Waals surface area contributed by atoms with E-state index in [4.69, 9.17) is 0 Å².